The van der Waals surface area contributed by atoms with Crippen molar-refractivity contribution in [1.82, 2.24) is 9.97 Å². The molecule has 1 aliphatic heterocycles. The molecule has 49 heavy (non-hydrogen) atoms. The van der Waals surface area contributed by atoms with Crippen molar-refractivity contribution in [3.63, 3.8) is 0 Å². The molecule has 0 radical (unpaired) electrons. The van der Waals surface area contributed by atoms with Crippen molar-refractivity contribution in [2.45, 2.75) is 19.8 Å². The Bertz CT molecular complexity index is 1860. The summed E-state index contributed by atoms with van der Waals surface area (Å²) in [4.78, 5) is 14.0. The predicted octanol–water partition coefficient (Wildman–Crippen LogP) is 5.61. The molecule has 1 fully saturated rings. The molecule has 0 saturated carbocycles. The Labute approximate surface area is 288 Å². The van der Waals surface area contributed by atoms with Gasteiger partial charge in [-0.25, -0.2) is 9.97 Å². The van der Waals surface area contributed by atoms with Crippen LogP contribution in [0.1, 0.15) is 41.4 Å². The fourth-order valence-corrected chi connectivity index (χ4v) is 5.91. The van der Waals surface area contributed by atoms with Gasteiger partial charge in [0.1, 0.15) is 11.4 Å². The molecule has 0 aliphatic carbocycles. The van der Waals surface area contributed by atoms with Gasteiger partial charge in [0.15, 0.2) is 23.0 Å². The van der Waals surface area contributed by atoms with E-state index in [0.717, 1.165) is 67.1 Å². The number of benzene rings is 2. The normalized spacial score (nSPS) is 12.5. The van der Waals surface area contributed by atoms with Crippen LogP contribution in [0, 0.1) is 23.7 Å². The van der Waals surface area contributed by atoms with Crippen molar-refractivity contribution in [3.05, 3.63) is 82.9 Å². The van der Waals surface area contributed by atoms with E-state index < -0.39 is 0 Å². The van der Waals surface area contributed by atoms with Crippen molar-refractivity contribution in [3.8, 4) is 58.2 Å². The van der Waals surface area contributed by atoms with E-state index in [-0.39, 0.29) is 0 Å². The van der Waals surface area contributed by atoms with Crippen molar-refractivity contribution in [1.29, 1.82) is 0 Å². The maximum absolute atomic E-state index is 5.51. The molecular weight excluding hydrogens is 620 g/mol. The molecule has 0 unspecified atom stereocenters. The maximum atomic E-state index is 5.51. The van der Waals surface area contributed by atoms with Gasteiger partial charge in [-0.3, -0.25) is 0 Å². The van der Waals surface area contributed by atoms with Gasteiger partial charge in [0, 0.05) is 66.6 Å². The fraction of sp³-hybridized carbons (Fsp3) is 0.333. The van der Waals surface area contributed by atoms with Crippen LogP contribution in [-0.2, 0) is 6.42 Å². The van der Waals surface area contributed by atoms with E-state index in [2.05, 4.69) is 56.4 Å². The Morgan fingerprint density at radius 1 is 0.592 bits per heavy atom. The number of hydrogen-bond donors (Lipinski definition) is 0. The largest absolute Gasteiger partial charge is 0.493 e. The minimum atomic E-state index is 0.531. The molecule has 2 aromatic carbocycles. The molecular formula is C39H42N4O6. The molecule has 10 heteroatoms. The zero-order chi connectivity index (χ0) is 34.8. The molecule has 5 rings (SSSR count). The number of anilines is 2. The topological polar surface area (TPSA) is 87.6 Å². The number of rotatable bonds is 9. The van der Waals surface area contributed by atoms with Gasteiger partial charge in [-0.15, -0.1) is 0 Å². The Kier molecular flexibility index (Phi) is 11.6. The quantitative estimate of drug-likeness (QED) is 0.211. The second-order valence-electron chi connectivity index (χ2n) is 11.1. The molecule has 3 heterocycles. The number of methoxy groups -OCH3 is 6. The molecule has 0 N–H and O–H groups in total. The highest BCUT2D eigenvalue weighted by molar-refractivity contribution is 5.62. The van der Waals surface area contributed by atoms with Gasteiger partial charge < -0.3 is 38.2 Å². The number of nitrogens with zero attached hydrogens (tertiary/aromatic N) is 4. The van der Waals surface area contributed by atoms with Crippen LogP contribution in [-0.4, -0.2) is 78.8 Å². The lowest BCUT2D eigenvalue weighted by atomic mass is 10.1. The third kappa shape index (κ3) is 7.88. The molecule has 0 bridgehead atoms. The molecule has 1 saturated heterocycles. The van der Waals surface area contributed by atoms with Gasteiger partial charge in [-0.1, -0.05) is 18.8 Å². The molecule has 4 aromatic rings. The second-order valence-corrected chi connectivity index (χ2v) is 11.1. The summed E-state index contributed by atoms with van der Waals surface area (Å²) in [5.74, 6) is 16.3. The zero-order valence-electron chi connectivity index (χ0n) is 29.2. The van der Waals surface area contributed by atoms with Gasteiger partial charge in [-0.2, -0.15) is 0 Å². The molecule has 254 valence electrons. The first-order valence-electron chi connectivity index (χ1n) is 16.0. The van der Waals surface area contributed by atoms with E-state index in [0.29, 0.717) is 40.2 Å². The van der Waals surface area contributed by atoms with Crippen molar-refractivity contribution in [2.24, 2.45) is 0 Å². The van der Waals surface area contributed by atoms with Crippen molar-refractivity contribution >= 4 is 11.4 Å². The summed E-state index contributed by atoms with van der Waals surface area (Å²) in [5, 5.41) is 0. The van der Waals surface area contributed by atoms with Gasteiger partial charge in [0.25, 0.3) is 0 Å². The van der Waals surface area contributed by atoms with Crippen LogP contribution >= 0.6 is 0 Å². The average molecular weight is 663 g/mol. The van der Waals surface area contributed by atoms with E-state index in [4.69, 9.17) is 28.4 Å². The van der Waals surface area contributed by atoms with Crippen molar-refractivity contribution < 1.29 is 28.4 Å². The lowest BCUT2D eigenvalue weighted by Gasteiger charge is -2.26. The molecule has 1 aliphatic rings. The first kappa shape index (κ1) is 34.6. The van der Waals surface area contributed by atoms with Crippen LogP contribution in [0.15, 0.2) is 54.9 Å². The minimum absolute atomic E-state index is 0.531. The van der Waals surface area contributed by atoms with Gasteiger partial charge in [-0.05, 0) is 67.1 Å². The summed E-state index contributed by atoms with van der Waals surface area (Å²) in [6.07, 6.45) is 5.46. The summed E-state index contributed by atoms with van der Waals surface area (Å²) < 4.78 is 32.8. The SMILES string of the molecule is CCc1c(N2CCCN(c3ccnc(C#Cc4cc(OC)c(OC)c(OC)c4)c3)CC2)ccnc1C#Cc1cc(OC)c(OC)c(OC)c1. The average Bonchev–Trinajstić information content (AvgIpc) is 3.41. The van der Waals surface area contributed by atoms with E-state index in [9.17, 15) is 0 Å². The van der Waals surface area contributed by atoms with E-state index in [1.54, 1.807) is 42.7 Å². The standard InChI is InChI=1S/C39H42N4O6/c1-8-31-32(13-11-28-24-36(46-4)39(49-7)37(25-28)47-5)41-17-15-33(31)43-19-9-18-42(20-21-43)30-14-16-40-29(26-30)12-10-27-22-34(44-2)38(48-6)35(23-27)45-3/h14-17,22-26H,8-9,18-21H2,1-7H3. The van der Waals surface area contributed by atoms with Crippen LogP contribution in [0.25, 0.3) is 0 Å². The van der Waals surface area contributed by atoms with E-state index in [1.807, 2.05) is 48.8 Å². The fourth-order valence-electron chi connectivity index (χ4n) is 5.91. The highest BCUT2D eigenvalue weighted by Gasteiger charge is 2.20. The first-order valence-corrected chi connectivity index (χ1v) is 16.0. The Hall–Kier alpha value is -5.74. The van der Waals surface area contributed by atoms with Gasteiger partial charge in [0.05, 0.1) is 42.7 Å². The third-order valence-electron chi connectivity index (χ3n) is 8.32. The summed E-state index contributed by atoms with van der Waals surface area (Å²) in [6.45, 7) is 5.69. The number of ether oxygens (including phenoxy) is 6. The summed E-state index contributed by atoms with van der Waals surface area (Å²) in [5.41, 5.74) is 6.32. The van der Waals surface area contributed by atoms with Crippen LogP contribution in [0.5, 0.6) is 34.5 Å². The lowest BCUT2D eigenvalue weighted by molar-refractivity contribution is 0.324. The molecule has 0 atom stereocenters. The summed E-state index contributed by atoms with van der Waals surface area (Å²) in [7, 11) is 9.53. The number of pyridine rings is 2. The monoisotopic (exact) mass is 662 g/mol. The molecule has 10 nitrogen and oxygen atoms in total. The zero-order valence-corrected chi connectivity index (χ0v) is 29.2. The van der Waals surface area contributed by atoms with Crippen molar-refractivity contribution in [2.75, 3.05) is 78.6 Å². The summed E-state index contributed by atoms with van der Waals surface area (Å²) >= 11 is 0. The number of aromatic nitrogens is 2. The highest BCUT2D eigenvalue weighted by Crippen LogP contribution is 2.39. The van der Waals surface area contributed by atoms with E-state index in [1.165, 1.54) is 5.69 Å². The Morgan fingerprint density at radius 3 is 1.67 bits per heavy atom. The lowest BCUT2D eigenvalue weighted by Crippen LogP contribution is -2.31. The van der Waals surface area contributed by atoms with Gasteiger partial charge in [0.2, 0.25) is 11.5 Å². The Balaban J connectivity index is 1.34. The van der Waals surface area contributed by atoms with Crippen LogP contribution in [0.3, 0.4) is 0 Å². The first-order chi connectivity index (χ1) is 24.0. The third-order valence-corrected chi connectivity index (χ3v) is 8.32. The van der Waals surface area contributed by atoms with Crippen LogP contribution in [0.2, 0.25) is 0 Å². The van der Waals surface area contributed by atoms with E-state index >= 15 is 0 Å². The second kappa shape index (κ2) is 16.4. The predicted molar refractivity (Wildman–Crippen MR) is 191 cm³/mol. The van der Waals surface area contributed by atoms with Gasteiger partial charge >= 0.3 is 0 Å². The molecule has 0 amide bonds. The number of hydrogen-bond acceptors (Lipinski definition) is 10. The molecule has 0 spiro atoms. The molecule has 2 aromatic heterocycles. The highest BCUT2D eigenvalue weighted by atomic mass is 16.5. The maximum Gasteiger partial charge on any atom is 0.203 e. The summed E-state index contributed by atoms with van der Waals surface area (Å²) in [6, 6.07) is 13.5. The smallest absolute Gasteiger partial charge is 0.203 e. The minimum Gasteiger partial charge on any atom is -0.493 e. The Morgan fingerprint density at radius 2 is 1.12 bits per heavy atom. The van der Waals surface area contributed by atoms with Crippen LogP contribution in [0.4, 0.5) is 11.4 Å². The van der Waals surface area contributed by atoms with Crippen LogP contribution < -0.4 is 38.2 Å².